The zero-order valence-electron chi connectivity index (χ0n) is 16.5. The highest BCUT2D eigenvalue weighted by Gasteiger charge is 2.43. The molecule has 140 valence electrons. The fourth-order valence-corrected chi connectivity index (χ4v) is 3.95. The maximum atomic E-state index is 6.81. The molecule has 28 heavy (non-hydrogen) atoms. The lowest BCUT2D eigenvalue weighted by Gasteiger charge is -2.34. The number of hydrogen-bond donors (Lipinski definition) is 0. The highest BCUT2D eigenvalue weighted by molar-refractivity contribution is 5.74. The van der Waals surface area contributed by atoms with E-state index in [0.29, 0.717) is 5.92 Å². The van der Waals surface area contributed by atoms with E-state index in [1.165, 1.54) is 16.7 Å². The van der Waals surface area contributed by atoms with Gasteiger partial charge < -0.3 is 4.74 Å². The zero-order chi connectivity index (χ0) is 19.4. The van der Waals surface area contributed by atoms with Gasteiger partial charge in [0, 0.05) is 11.1 Å². The minimum atomic E-state index is -0.476. The first-order chi connectivity index (χ1) is 13.7. The SMILES string of the molecule is CC(C)C[C@]1(c2ccccc2)OC(c2ccccc2)=C/C1=C\c1ccccc1. The van der Waals surface area contributed by atoms with Gasteiger partial charge in [0.2, 0.25) is 0 Å². The molecule has 3 aromatic rings. The molecule has 1 aliphatic heterocycles. The molecule has 0 aliphatic carbocycles. The van der Waals surface area contributed by atoms with E-state index in [1.807, 2.05) is 6.07 Å². The number of hydrogen-bond acceptors (Lipinski definition) is 1. The van der Waals surface area contributed by atoms with Crippen LogP contribution in [0.4, 0.5) is 0 Å². The third-order valence-corrected chi connectivity index (χ3v) is 5.15. The van der Waals surface area contributed by atoms with Crippen molar-refractivity contribution in [1.82, 2.24) is 0 Å². The number of rotatable bonds is 5. The Morgan fingerprint density at radius 3 is 1.96 bits per heavy atom. The van der Waals surface area contributed by atoms with Crippen molar-refractivity contribution in [3.8, 4) is 0 Å². The molecule has 0 aromatic heterocycles. The van der Waals surface area contributed by atoms with Crippen LogP contribution in [0.15, 0.2) is 103 Å². The smallest absolute Gasteiger partial charge is 0.159 e. The molecule has 0 radical (unpaired) electrons. The lowest BCUT2D eigenvalue weighted by molar-refractivity contribution is 0.0687. The van der Waals surface area contributed by atoms with Crippen molar-refractivity contribution in [3.63, 3.8) is 0 Å². The van der Waals surface area contributed by atoms with Crippen LogP contribution in [-0.2, 0) is 10.3 Å². The second kappa shape index (κ2) is 7.90. The molecule has 0 unspecified atom stereocenters. The maximum absolute atomic E-state index is 6.81. The van der Waals surface area contributed by atoms with Crippen molar-refractivity contribution in [2.24, 2.45) is 5.92 Å². The summed E-state index contributed by atoms with van der Waals surface area (Å²) in [6, 6.07) is 31.5. The van der Waals surface area contributed by atoms with Gasteiger partial charge >= 0.3 is 0 Å². The van der Waals surface area contributed by atoms with Crippen LogP contribution in [0.25, 0.3) is 11.8 Å². The van der Waals surface area contributed by atoms with E-state index < -0.39 is 5.60 Å². The largest absolute Gasteiger partial charge is 0.477 e. The van der Waals surface area contributed by atoms with Gasteiger partial charge in [-0.1, -0.05) is 105 Å². The summed E-state index contributed by atoms with van der Waals surface area (Å²) >= 11 is 0. The van der Waals surface area contributed by atoms with Crippen LogP contribution in [0.2, 0.25) is 0 Å². The summed E-state index contributed by atoms with van der Waals surface area (Å²) in [4.78, 5) is 0. The molecule has 1 aliphatic rings. The summed E-state index contributed by atoms with van der Waals surface area (Å²) in [5, 5.41) is 0. The Bertz CT molecular complexity index is 969. The molecule has 0 fully saturated rings. The van der Waals surface area contributed by atoms with Gasteiger partial charge in [-0.25, -0.2) is 0 Å². The fourth-order valence-electron chi connectivity index (χ4n) is 3.95. The summed E-state index contributed by atoms with van der Waals surface area (Å²) in [5.74, 6) is 1.43. The molecule has 1 heteroatoms. The standard InChI is InChI=1S/C27H26O/c1-21(2)20-27(24-16-10-5-11-17-24)25(18-22-12-6-3-7-13-22)19-26(28-27)23-14-8-4-9-15-23/h3-19,21H,20H2,1-2H3/b25-18+/t27-/m1/s1. The van der Waals surface area contributed by atoms with Crippen molar-refractivity contribution < 1.29 is 4.74 Å². The van der Waals surface area contributed by atoms with Crippen LogP contribution in [0.1, 0.15) is 37.0 Å². The van der Waals surface area contributed by atoms with Gasteiger partial charge in [-0.15, -0.1) is 0 Å². The van der Waals surface area contributed by atoms with Gasteiger partial charge in [0.1, 0.15) is 5.76 Å². The number of benzene rings is 3. The summed E-state index contributed by atoms with van der Waals surface area (Å²) in [6.07, 6.45) is 5.41. The van der Waals surface area contributed by atoms with Crippen molar-refractivity contribution in [2.75, 3.05) is 0 Å². The normalized spacial score (nSPS) is 20.2. The molecule has 3 aromatic carbocycles. The Morgan fingerprint density at radius 2 is 1.36 bits per heavy atom. The summed E-state index contributed by atoms with van der Waals surface area (Å²) in [6.45, 7) is 4.52. The monoisotopic (exact) mass is 366 g/mol. The van der Waals surface area contributed by atoms with Gasteiger partial charge in [0.15, 0.2) is 5.60 Å². The molecular weight excluding hydrogens is 340 g/mol. The van der Waals surface area contributed by atoms with Gasteiger partial charge in [-0.3, -0.25) is 0 Å². The molecule has 4 rings (SSSR count). The quantitative estimate of drug-likeness (QED) is 0.468. The van der Waals surface area contributed by atoms with E-state index in [4.69, 9.17) is 4.74 Å². The van der Waals surface area contributed by atoms with Crippen LogP contribution >= 0.6 is 0 Å². The molecule has 0 spiro atoms. The van der Waals surface area contributed by atoms with Crippen molar-refractivity contribution >= 4 is 11.8 Å². The van der Waals surface area contributed by atoms with Gasteiger partial charge in [-0.05, 0) is 35.6 Å². The van der Waals surface area contributed by atoms with Crippen LogP contribution in [0.5, 0.6) is 0 Å². The minimum Gasteiger partial charge on any atom is -0.477 e. The molecule has 0 saturated heterocycles. The van der Waals surface area contributed by atoms with Crippen LogP contribution in [0.3, 0.4) is 0 Å². The number of ether oxygens (including phenoxy) is 1. The summed E-state index contributed by atoms with van der Waals surface area (Å²) < 4.78 is 6.81. The second-order valence-corrected chi connectivity index (χ2v) is 7.78. The lowest BCUT2D eigenvalue weighted by Crippen LogP contribution is -2.29. The predicted molar refractivity (Wildman–Crippen MR) is 117 cm³/mol. The van der Waals surface area contributed by atoms with Gasteiger partial charge in [0.05, 0.1) is 0 Å². The molecule has 0 bridgehead atoms. The third kappa shape index (κ3) is 3.66. The molecule has 1 nitrogen and oxygen atoms in total. The molecule has 0 amide bonds. The Morgan fingerprint density at radius 1 is 0.786 bits per heavy atom. The Balaban J connectivity index is 1.88. The Hall–Kier alpha value is -3.06. The minimum absolute atomic E-state index is 0.476. The predicted octanol–water partition coefficient (Wildman–Crippen LogP) is 7.08. The van der Waals surface area contributed by atoms with E-state index >= 15 is 0 Å². The molecule has 1 heterocycles. The van der Waals surface area contributed by atoms with Crippen molar-refractivity contribution in [3.05, 3.63) is 119 Å². The van der Waals surface area contributed by atoms with E-state index in [-0.39, 0.29) is 0 Å². The molecule has 0 N–H and O–H groups in total. The Labute approximate surface area is 168 Å². The van der Waals surface area contributed by atoms with Crippen LogP contribution in [-0.4, -0.2) is 0 Å². The molecular formula is C27H26O. The fraction of sp³-hybridized carbons (Fsp3) is 0.185. The lowest BCUT2D eigenvalue weighted by atomic mass is 9.79. The first-order valence-electron chi connectivity index (χ1n) is 9.96. The average molecular weight is 367 g/mol. The van der Waals surface area contributed by atoms with Crippen molar-refractivity contribution in [2.45, 2.75) is 25.9 Å². The Kier molecular flexibility index (Phi) is 5.16. The van der Waals surface area contributed by atoms with E-state index in [0.717, 1.165) is 17.7 Å². The molecule has 1 atom stereocenters. The topological polar surface area (TPSA) is 9.23 Å². The highest BCUT2D eigenvalue weighted by atomic mass is 16.5. The zero-order valence-corrected chi connectivity index (χ0v) is 16.5. The third-order valence-electron chi connectivity index (χ3n) is 5.15. The first kappa shape index (κ1) is 18.3. The first-order valence-corrected chi connectivity index (χ1v) is 9.96. The highest BCUT2D eigenvalue weighted by Crippen LogP contribution is 2.49. The average Bonchev–Trinajstić information content (AvgIpc) is 3.08. The van der Waals surface area contributed by atoms with E-state index in [1.54, 1.807) is 0 Å². The summed E-state index contributed by atoms with van der Waals surface area (Å²) in [7, 11) is 0. The van der Waals surface area contributed by atoms with Crippen LogP contribution < -0.4 is 0 Å². The van der Waals surface area contributed by atoms with Crippen molar-refractivity contribution in [1.29, 1.82) is 0 Å². The van der Waals surface area contributed by atoms with E-state index in [2.05, 4.69) is 111 Å². The second-order valence-electron chi connectivity index (χ2n) is 7.78. The molecule has 0 saturated carbocycles. The van der Waals surface area contributed by atoms with Gasteiger partial charge in [0.25, 0.3) is 0 Å². The van der Waals surface area contributed by atoms with Crippen LogP contribution in [0, 0.1) is 5.92 Å². The summed E-state index contributed by atoms with van der Waals surface area (Å²) in [5.41, 5.74) is 4.24. The van der Waals surface area contributed by atoms with Gasteiger partial charge in [-0.2, -0.15) is 0 Å². The van der Waals surface area contributed by atoms with E-state index in [9.17, 15) is 0 Å². The maximum Gasteiger partial charge on any atom is 0.159 e.